The van der Waals surface area contributed by atoms with E-state index >= 15 is 0 Å². The highest BCUT2D eigenvalue weighted by Gasteiger charge is 2.21. The van der Waals surface area contributed by atoms with E-state index < -0.39 is 20.9 Å². The smallest absolute Gasteiger partial charge is 0.293 e. The van der Waals surface area contributed by atoms with E-state index in [2.05, 4.69) is 5.32 Å². The first-order valence-corrected chi connectivity index (χ1v) is 10.3. The molecule has 2 aromatic carbocycles. The van der Waals surface area contributed by atoms with Gasteiger partial charge in [0.15, 0.2) is 0 Å². The third-order valence-electron chi connectivity index (χ3n) is 4.92. The van der Waals surface area contributed by atoms with Crippen molar-refractivity contribution >= 4 is 27.3 Å². The fourth-order valence-corrected chi connectivity index (χ4v) is 3.36. The number of aryl methyl sites for hydroxylation is 1. The second-order valence-electron chi connectivity index (χ2n) is 6.91. The van der Waals surface area contributed by atoms with E-state index in [-0.39, 0.29) is 28.9 Å². The maximum atomic E-state index is 12.5. The Hall–Kier alpha value is -2.82. The lowest BCUT2D eigenvalue weighted by Gasteiger charge is -2.24. The van der Waals surface area contributed by atoms with Crippen LogP contribution in [0.3, 0.4) is 0 Å². The molecule has 2 rings (SSSR count). The summed E-state index contributed by atoms with van der Waals surface area (Å²) in [6, 6.07) is 8.90. The molecule has 29 heavy (non-hydrogen) atoms. The topological polar surface area (TPSA) is 136 Å². The quantitative estimate of drug-likeness (QED) is 0.522. The molecule has 0 aliphatic carbocycles. The Balaban J connectivity index is 2.13. The molecule has 1 atom stereocenters. The fourth-order valence-electron chi connectivity index (χ4n) is 2.84. The highest BCUT2D eigenvalue weighted by Crippen LogP contribution is 2.30. The number of carbonyl (C=O) groups is 1. The van der Waals surface area contributed by atoms with Gasteiger partial charge in [0.25, 0.3) is 5.69 Å². The molecular weight excluding hydrogens is 396 g/mol. The molecule has 0 heterocycles. The van der Waals surface area contributed by atoms with Crippen LogP contribution in [0.25, 0.3) is 0 Å². The molecule has 0 saturated heterocycles. The number of nitro groups is 1. The lowest BCUT2D eigenvalue weighted by Crippen LogP contribution is -2.32. The number of nitrogens with two attached hydrogens (primary N) is 1. The van der Waals surface area contributed by atoms with Gasteiger partial charge in [0.05, 0.1) is 16.4 Å². The van der Waals surface area contributed by atoms with Crippen molar-refractivity contribution in [1.82, 2.24) is 4.90 Å². The number of nitro benzene ring substituents is 1. The van der Waals surface area contributed by atoms with Crippen molar-refractivity contribution < 1.29 is 18.1 Å². The van der Waals surface area contributed by atoms with Crippen LogP contribution in [0.15, 0.2) is 41.3 Å². The number of primary sulfonamides is 1. The van der Waals surface area contributed by atoms with Gasteiger partial charge in [-0.15, -0.1) is 0 Å². The number of hydrogen-bond acceptors (Lipinski definition) is 6. The number of rotatable bonds is 7. The highest BCUT2D eigenvalue weighted by atomic mass is 32.2. The van der Waals surface area contributed by atoms with E-state index in [1.807, 2.05) is 13.8 Å². The first kappa shape index (κ1) is 22.5. The van der Waals surface area contributed by atoms with Crippen molar-refractivity contribution in [1.29, 1.82) is 0 Å². The lowest BCUT2D eigenvalue weighted by atomic mass is 10.1. The van der Waals surface area contributed by atoms with Crippen LogP contribution in [0.2, 0.25) is 0 Å². The number of carbonyl (C=O) groups excluding carboxylic acids is 1. The van der Waals surface area contributed by atoms with Gasteiger partial charge < -0.3 is 5.32 Å². The average Bonchev–Trinajstić information content (AvgIpc) is 2.64. The molecule has 1 amide bonds. The molecule has 10 heteroatoms. The largest absolute Gasteiger partial charge is 0.319 e. The van der Waals surface area contributed by atoms with Crippen molar-refractivity contribution in [3.63, 3.8) is 0 Å². The summed E-state index contributed by atoms with van der Waals surface area (Å²) in [4.78, 5) is 25.0. The summed E-state index contributed by atoms with van der Waals surface area (Å²) in [6.07, 6.45) is 0. The van der Waals surface area contributed by atoms with Crippen LogP contribution in [0.4, 0.5) is 11.4 Å². The molecule has 156 valence electrons. The molecule has 0 fully saturated rings. The minimum absolute atomic E-state index is 0.0103. The summed E-state index contributed by atoms with van der Waals surface area (Å²) < 4.78 is 22.7. The van der Waals surface area contributed by atoms with Crippen LogP contribution >= 0.6 is 0 Å². The van der Waals surface area contributed by atoms with Crippen LogP contribution in [0, 0.1) is 24.0 Å². The van der Waals surface area contributed by atoms with Gasteiger partial charge in [0.1, 0.15) is 5.69 Å². The SMILES string of the molecule is Cc1ccc([N+](=O)[O-])c(NC(=O)CN(C)C(C)c2ccc(S(N)(=O)=O)cc2)c1C. The molecule has 1 unspecified atom stereocenters. The van der Waals surface area contributed by atoms with Gasteiger partial charge in [0, 0.05) is 12.1 Å². The van der Waals surface area contributed by atoms with Crippen molar-refractivity contribution in [2.45, 2.75) is 31.7 Å². The third-order valence-corrected chi connectivity index (χ3v) is 5.85. The number of hydrogen-bond donors (Lipinski definition) is 2. The summed E-state index contributed by atoms with van der Waals surface area (Å²) in [6.45, 7) is 5.38. The predicted molar refractivity (Wildman–Crippen MR) is 110 cm³/mol. The Morgan fingerprint density at radius 3 is 2.31 bits per heavy atom. The zero-order chi connectivity index (χ0) is 21.9. The zero-order valence-corrected chi connectivity index (χ0v) is 17.5. The second-order valence-corrected chi connectivity index (χ2v) is 8.47. The summed E-state index contributed by atoms with van der Waals surface area (Å²) in [7, 11) is -2.04. The van der Waals surface area contributed by atoms with Crippen LogP contribution in [-0.4, -0.2) is 37.7 Å². The third kappa shape index (κ3) is 5.37. The maximum Gasteiger partial charge on any atom is 0.293 e. The van der Waals surface area contributed by atoms with Crippen LogP contribution in [0.1, 0.15) is 29.7 Å². The molecule has 0 spiro atoms. The van der Waals surface area contributed by atoms with Gasteiger partial charge in [-0.3, -0.25) is 19.8 Å². The van der Waals surface area contributed by atoms with E-state index in [0.29, 0.717) is 5.56 Å². The number of likely N-dealkylation sites (N-methyl/N-ethyl adjacent to an activating group) is 1. The van der Waals surface area contributed by atoms with Gasteiger partial charge in [0.2, 0.25) is 15.9 Å². The fraction of sp³-hybridized carbons (Fsp3) is 0.316. The van der Waals surface area contributed by atoms with Gasteiger partial charge >= 0.3 is 0 Å². The van der Waals surface area contributed by atoms with E-state index in [1.165, 1.54) is 18.2 Å². The molecule has 0 aliphatic rings. The van der Waals surface area contributed by atoms with E-state index in [1.54, 1.807) is 37.1 Å². The van der Waals surface area contributed by atoms with Gasteiger partial charge in [-0.2, -0.15) is 0 Å². The second kappa shape index (κ2) is 8.68. The highest BCUT2D eigenvalue weighted by molar-refractivity contribution is 7.89. The number of nitrogens with one attached hydrogen (secondary N) is 1. The number of nitrogens with zero attached hydrogens (tertiary/aromatic N) is 2. The lowest BCUT2D eigenvalue weighted by molar-refractivity contribution is -0.384. The number of sulfonamides is 1. The Bertz CT molecular complexity index is 1040. The number of benzene rings is 2. The molecule has 0 aromatic heterocycles. The van der Waals surface area contributed by atoms with Crippen LogP contribution in [-0.2, 0) is 14.8 Å². The standard InChI is InChI=1S/C19H24N4O5S/c1-12-5-10-17(23(25)26)19(13(12)2)21-18(24)11-22(4)14(3)15-6-8-16(9-7-15)29(20,27)28/h5-10,14H,11H2,1-4H3,(H,21,24)(H2,20,27,28). The molecular formula is C19H24N4O5S. The average molecular weight is 420 g/mol. The minimum Gasteiger partial charge on any atom is -0.319 e. The van der Waals surface area contributed by atoms with Crippen molar-refractivity contribution in [2.75, 3.05) is 18.9 Å². The molecule has 0 radical (unpaired) electrons. The monoisotopic (exact) mass is 420 g/mol. The number of anilines is 1. The van der Waals surface area contributed by atoms with Gasteiger partial charge in [-0.1, -0.05) is 18.2 Å². The minimum atomic E-state index is -3.77. The first-order valence-electron chi connectivity index (χ1n) is 8.79. The molecule has 3 N–H and O–H groups in total. The Morgan fingerprint density at radius 1 is 1.21 bits per heavy atom. The molecule has 0 bridgehead atoms. The Labute approximate surface area is 169 Å². The zero-order valence-electron chi connectivity index (χ0n) is 16.7. The maximum absolute atomic E-state index is 12.5. The summed E-state index contributed by atoms with van der Waals surface area (Å²) in [5.41, 5.74) is 2.31. The molecule has 9 nitrogen and oxygen atoms in total. The summed E-state index contributed by atoms with van der Waals surface area (Å²) in [5, 5.41) is 19.0. The van der Waals surface area contributed by atoms with Crippen molar-refractivity contribution in [2.24, 2.45) is 5.14 Å². The molecule has 0 saturated carbocycles. The Morgan fingerprint density at radius 2 is 1.79 bits per heavy atom. The van der Waals surface area contributed by atoms with E-state index in [0.717, 1.165) is 11.1 Å². The Kier molecular flexibility index (Phi) is 6.73. The van der Waals surface area contributed by atoms with Crippen molar-refractivity contribution in [3.8, 4) is 0 Å². The van der Waals surface area contributed by atoms with Gasteiger partial charge in [-0.25, -0.2) is 13.6 Å². The molecule has 2 aromatic rings. The molecule has 0 aliphatic heterocycles. The predicted octanol–water partition coefficient (Wildman–Crippen LogP) is 2.49. The first-order chi connectivity index (χ1) is 13.4. The normalized spacial score (nSPS) is 12.6. The van der Waals surface area contributed by atoms with Crippen LogP contribution < -0.4 is 10.5 Å². The van der Waals surface area contributed by atoms with E-state index in [9.17, 15) is 23.3 Å². The van der Waals surface area contributed by atoms with Gasteiger partial charge in [-0.05, 0) is 56.6 Å². The summed E-state index contributed by atoms with van der Waals surface area (Å²) in [5.74, 6) is -0.391. The van der Waals surface area contributed by atoms with Crippen LogP contribution in [0.5, 0.6) is 0 Å². The summed E-state index contributed by atoms with van der Waals surface area (Å²) >= 11 is 0. The number of amides is 1. The van der Waals surface area contributed by atoms with Crippen molar-refractivity contribution in [3.05, 3.63) is 63.2 Å². The van der Waals surface area contributed by atoms with E-state index in [4.69, 9.17) is 5.14 Å².